The van der Waals surface area contributed by atoms with Gasteiger partial charge >= 0.3 is 5.97 Å². The van der Waals surface area contributed by atoms with Gasteiger partial charge in [0.1, 0.15) is 11.5 Å². The van der Waals surface area contributed by atoms with Crippen molar-refractivity contribution in [2.45, 2.75) is 6.54 Å². The minimum absolute atomic E-state index is 0.171. The molecule has 100 valence electrons. The first-order valence-electron chi connectivity index (χ1n) is 5.49. The van der Waals surface area contributed by atoms with Crippen LogP contribution in [0.1, 0.15) is 16.1 Å². The van der Waals surface area contributed by atoms with Gasteiger partial charge in [-0.25, -0.2) is 9.18 Å². The molecule has 0 aliphatic heterocycles. The Morgan fingerprint density at radius 2 is 2.21 bits per heavy atom. The van der Waals surface area contributed by atoms with Crippen molar-refractivity contribution in [2.75, 3.05) is 12.8 Å². The summed E-state index contributed by atoms with van der Waals surface area (Å²) in [7, 11) is 1.28. The SMILES string of the molecule is COC(=O)c1cc(N)cn1Cc1ccc(Cl)cc1F. The van der Waals surface area contributed by atoms with E-state index in [4.69, 9.17) is 17.3 Å². The first-order chi connectivity index (χ1) is 9.01. The van der Waals surface area contributed by atoms with Crippen molar-refractivity contribution in [2.24, 2.45) is 0 Å². The maximum Gasteiger partial charge on any atom is 0.354 e. The molecule has 2 rings (SSSR count). The number of aromatic nitrogens is 1. The molecule has 0 radical (unpaired) electrons. The molecule has 1 aromatic heterocycles. The van der Waals surface area contributed by atoms with Gasteiger partial charge in [-0.1, -0.05) is 17.7 Å². The maximum absolute atomic E-state index is 13.7. The monoisotopic (exact) mass is 282 g/mol. The van der Waals surface area contributed by atoms with Crippen LogP contribution in [0.3, 0.4) is 0 Å². The van der Waals surface area contributed by atoms with E-state index in [0.717, 1.165) is 0 Å². The molecule has 0 saturated heterocycles. The second-order valence-corrected chi connectivity index (χ2v) is 4.45. The Kier molecular flexibility index (Phi) is 3.76. The Morgan fingerprint density at radius 3 is 2.84 bits per heavy atom. The Labute approximate surface area is 114 Å². The standard InChI is InChI=1S/C13H12ClFN2O2/c1-19-13(18)12-5-10(16)7-17(12)6-8-2-3-9(14)4-11(8)15/h2-5,7H,6,16H2,1H3. The topological polar surface area (TPSA) is 57.2 Å². The van der Waals surface area contributed by atoms with E-state index in [1.807, 2.05) is 0 Å². The van der Waals surface area contributed by atoms with Gasteiger partial charge in [0.25, 0.3) is 0 Å². The van der Waals surface area contributed by atoms with Gasteiger partial charge in [0.05, 0.1) is 19.3 Å². The number of carbonyl (C=O) groups is 1. The van der Waals surface area contributed by atoms with E-state index < -0.39 is 11.8 Å². The van der Waals surface area contributed by atoms with Gasteiger partial charge in [-0.2, -0.15) is 0 Å². The zero-order chi connectivity index (χ0) is 14.0. The summed E-state index contributed by atoms with van der Waals surface area (Å²) in [6.45, 7) is 0.171. The number of nitrogens with two attached hydrogens (primary N) is 1. The fourth-order valence-electron chi connectivity index (χ4n) is 1.77. The molecular formula is C13H12ClFN2O2. The van der Waals surface area contributed by atoms with Gasteiger partial charge in [-0.3, -0.25) is 0 Å². The lowest BCUT2D eigenvalue weighted by molar-refractivity contribution is 0.0589. The number of hydrogen-bond acceptors (Lipinski definition) is 3. The molecule has 0 saturated carbocycles. The summed E-state index contributed by atoms with van der Waals surface area (Å²) < 4.78 is 19.9. The number of rotatable bonds is 3. The molecule has 6 heteroatoms. The number of methoxy groups -OCH3 is 1. The van der Waals surface area contributed by atoms with Crippen molar-refractivity contribution in [3.05, 3.63) is 52.6 Å². The number of carbonyl (C=O) groups excluding carboxylic acids is 1. The highest BCUT2D eigenvalue weighted by molar-refractivity contribution is 6.30. The van der Waals surface area contributed by atoms with E-state index in [2.05, 4.69) is 4.74 Å². The number of nitrogen functional groups attached to an aromatic ring is 1. The van der Waals surface area contributed by atoms with Crippen LogP contribution in [0.5, 0.6) is 0 Å². The van der Waals surface area contributed by atoms with E-state index in [1.54, 1.807) is 18.3 Å². The number of esters is 1. The normalized spacial score (nSPS) is 10.5. The van der Waals surface area contributed by atoms with Crippen molar-refractivity contribution in [3.63, 3.8) is 0 Å². The van der Waals surface area contributed by atoms with E-state index in [-0.39, 0.29) is 12.2 Å². The van der Waals surface area contributed by atoms with Crippen LogP contribution in [0.4, 0.5) is 10.1 Å². The highest BCUT2D eigenvalue weighted by Gasteiger charge is 2.14. The number of anilines is 1. The molecule has 0 aliphatic rings. The Morgan fingerprint density at radius 1 is 1.47 bits per heavy atom. The third-order valence-electron chi connectivity index (χ3n) is 2.67. The van der Waals surface area contributed by atoms with Crippen LogP contribution in [0.25, 0.3) is 0 Å². The van der Waals surface area contributed by atoms with Crippen LogP contribution in [0.15, 0.2) is 30.5 Å². The second kappa shape index (κ2) is 5.32. The van der Waals surface area contributed by atoms with Crippen molar-refractivity contribution in [1.29, 1.82) is 0 Å². The summed E-state index contributed by atoms with van der Waals surface area (Å²) in [6.07, 6.45) is 1.56. The largest absolute Gasteiger partial charge is 0.464 e. The maximum atomic E-state index is 13.7. The molecule has 0 aliphatic carbocycles. The Hall–Kier alpha value is -2.01. The first-order valence-corrected chi connectivity index (χ1v) is 5.87. The lowest BCUT2D eigenvalue weighted by atomic mass is 10.2. The van der Waals surface area contributed by atoms with Crippen molar-refractivity contribution < 1.29 is 13.9 Å². The van der Waals surface area contributed by atoms with Crippen LogP contribution >= 0.6 is 11.6 Å². The average molecular weight is 283 g/mol. The van der Waals surface area contributed by atoms with Crippen molar-refractivity contribution in [3.8, 4) is 0 Å². The molecule has 4 nitrogen and oxygen atoms in total. The van der Waals surface area contributed by atoms with Gasteiger partial charge in [-0.15, -0.1) is 0 Å². The van der Waals surface area contributed by atoms with Gasteiger partial charge < -0.3 is 15.0 Å². The highest BCUT2D eigenvalue weighted by atomic mass is 35.5. The number of benzene rings is 1. The molecule has 1 heterocycles. The zero-order valence-electron chi connectivity index (χ0n) is 10.2. The second-order valence-electron chi connectivity index (χ2n) is 4.01. The van der Waals surface area contributed by atoms with Gasteiger partial charge in [0.2, 0.25) is 0 Å². The Balaban J connectivity index is 2.35. The van der Waals surface area contributed by atoms with E-state index >= 15 is 0 Å². The molecule has 0 spiro atoms. The predicted molar refractivity (Wildman–Crippen MR) is 70.7 cm³/mol. The van der Waals surface area contributed by atoms with E-state index in [9.17, 15) is 9.18 Å². The quantitative estimate of drug-likeness (QED) is 0.881. The molecule has 0 bridgehead atoms. The van der Waals surface area contributed by atoms with Gasteiger partial charge in [-0.05, 0) is 18.2 Å². The molecule has 1 aromatic carbocycles. The van der Waals surface area contributed by atoms with Crippen LogP contribution in [-0.2, 0) is 11.3 Å². The lowest BCUT2D eigenvalue weighted by Gasteiger charge is -2.08. The fourth-order valence-corrected chi connectivity index (χ4v) is 1.93. The molecule has 0 fully saturated rings. The van der Waals surface area contributed by atoms with Gasteiger partial charge in [0, 0.05) is 16.8 Å². The van der Waals surface area contributed by atoms with Gasteiger partial charge in [0.15, 0.2) is 0 Å². The van der Waals surface area contributed by atoms with Crippen molar-refractivity contribution >= 4 is 23.3 Å². The van der Waals surface area contributed by atoms with Crippen LogP contribution < -0.4 is 5.73 Å². The Bertz CT molecular complexity index is 625. The highest BCUT2D eigenvalue weighted by Crippen LogP contribution is 2.18. The molecule has 2 N–H and O–H groups in total. The summed E-state index contributed by atoms with van der Waals surface area (Å²) in [5.74, 6) is -0.957. The number of ether oxygens (including phenoxy) is 1. The molecular weight excluding hydrogens is 271 g/mol. The van der Waals surface area contributed by atoms with Crippen LogP contribution in [-0.4, -0.2) is 17.6 Å². The minimum atomic E-state index is -0.522. The summed E-state index contributed by atoms with van der Waals surface area (Å²) in [5.41, 5.74) is 6.74. The molecule has 0 unspecified atom stereocenters. The number of nitrogens with zero attached hydrogens (tertiary/aromatic N) is 1. The fraction of sp³-hybridized carbons (Fsp3) is 0.154. The first kappa shape index (κ1) is 13.4. The van der Waals surface area contributed by atoms with E-state index in [1.165, 1.54) is 23.8 Å². The summed E-state index contributed by atoms with van der Waals surface area (Å²) >= 11 is 5.69. The zero-order valence-corrected chi connectivity index (χ0v) is 10.9. The molecule has 2 aromatic rings. The summed E-state index contributed by atoms with van der Waals surface area (Å²) in [6, 6.07) is 5.86. The molecule has 0 amide bonds. The predicted octanol–water partition coefficient (Wildman–Crippen LogP) is 2.70. The smallest absolute Gasteiger partial charge is 0.354 e. The van der Waals surface area contributed by atoms with Crippen LogP contribution in [0, 0.1) is 5.82 Å². The summed E-state index contributed by atoms with van der Waals surface area (Å²) in [4.78, 5) is 11.6. The van der Waals surface area contributed by atoms with Crippen molar-refractivity contribution in [1.82, 2.24) is 4.57 Å². The molecule has 0 atom stereocenters. The average Bonchev–Trinajstić information content (AvgIpc) is 2.73. The lowest BCUT2D eigenvalue weighted by Crippen LogP contribution is -2.11. The number of halogens is 2. The minimum Gasteiger partial charge on any atom is -0.464 e. The summed E-state index contributed by atoms with van der Waals surface area (Å²) in [5, 5.41) is 0.321. The third kappa shape index (κ3) is 2.88. The third-order valence-corrected chi connectivity index (χ3v) is 2.90. The van der Waals surface area contributed by atoms with E-state index in [0.29, 0.717) is 16.3 Å². The number of hydrogen-bond donors (Lipinski definition) is 1. The molecule has 19 heavy (non-hydrogen) atoms. The van der Waals surface area contributed by atoms with Crippen LogP contribution in [0.2, 0.25) is 5.02 Å².